The van der Waals surface area contributed by atoms with Gasteiger partial charge < -0.3 is 15.4 Å². The third kappa shape index (κ3) is 3.94. The Hall–Kier alpha value is -2.79. The first-order valence-corrected chi connectivity index (χ1v) is 8.44. The number of hydrogen-bond donors (Lipinski definition) is 2. The van der Waals surface area contributed by atoms with Gasteiger partial charge in [-0.05, 0) is 29.1 Å². The predicted octanol–water partition coefficient (Wildman–Crippen LogP) is 4.67. The Morgan fingerprint density at radius 3 is 2.58 bits per heavy atom. The molecule has 1 atom stereocenters. The summed E-state index contributed by atoms with van der Waals surface area (Å²) in [6.07, 6.45) is 0. The van der Waals surface area contributed by atoms with Gasteiger partial charge in [-0.1, -0.05) is 42.5 Å². The van der Waals surface area contributed by atoms with Gasteiger partial charge in [-0.25, -0.2) is 4.79 Å². The van der Waals surface area contributed by atoms with E-state index in [0.717, 1.165) is 10.4 Å². The predicted molar refractivity (Wildman–Crippen MR) is 97.8 cm³/mol. The van der Waals surface area contributed by atoms with Crippen molar-refractivity contribution >= 4 is 23.1 Å². The smallest absolute Gasteiger partial charge is 0.320 e. The molecule has 0 saturated carbocycles. The number of anilines is 1. The normalized spacial score (nSPS) is 11.5. The van der Waals surface area contributed by atoms with Gasteiger partial charge in [-0.2, -0.15) is 0 Å². The summed E-state index contributed by atoms with van der Waals surface area (Å²) in [5.74, 6) is 0.700. The molecule has 0 saturated heterocycles. The first-order valence-electron chi connectivity index (χ1n) is 7.56. The van der Waals surface area contributed by atoms with E-state index in [1.807, 2.05) is 66.0 Å². The molecule has 0 aliphatic heterocycles. The van der Waals surface area contributed by atoms with E-state index in [1.54, 1.807) is 24.5 Å². The third-order valence-corrected chi connectivity index (χ3v) is 4.50. The Morgan fingerprint density at radius 1 is 1.04 bits per heavy atom. The molecule has 4 nitrogen and oxygen atoms in total. The zero-order valence-electron chi connectivity index (χ0n) is 13.2. The highest BCUT2D eigenvalue weighted by atomic mass is 32.1. The van der Waals surface area contributed by atoms with Crippen LogP contribution < -0.4 is 15.4 Å². The number of amides is 2. The lowest BCUT2D eigenvalue weighted by Gasteiger charge is -2.18. The van der Waals surface area contributed by atoms with Gasteiger partial charge in [0.15, 0.2) is 0 Å². The molecule has 2 N–H and O–H groups in total. The van der Waals surface area contributed by atoms with Crippen molar-refractivity contribution in [3.05, 3.63) is 82.6 Å². The number of carbonyl (C=O) groups excluding carboxylic acids is 1. The van der Waals surface area contributed by atoms with Crippen molar-refractivity contribution in [1.29, 1.82) is 0 Å². The van der Waals surface area contributed by atoms with E-state index in [0.29, 0.717) is 11.4 Å². The maximum Gasteiger partial charge on any atom is 0.320 e. The fraction of sp³-hybridized carbons (Fsp3) is 0.105. The number of methoxy groups -OCH3 is 1. The Bertz CT molecular complexity index is 788. The molecule has 24 heavy (non-hydrogen) atoms. The van der Waals surface area contributed by atoms with E-state index in [-0.39, 0.29) is 12.1 Å². The highest BCUT2D eigenvalue weighted by Gasteiger charge is 2.17. The lowest BCUT2D eigenvalue weighted by Crippen LogP contribution is -2.32. The van der Waals surface area contributed by atoms with Gasteiger partial charge in [0.2, 0.25) is 0 Å². The van der Waals surface area contributed by atoms with Gasteiger partial charge in [0.05, 0.1) is 13.2 Å². The van der Waals surface area contributed by atoms with E-state index >= 15 is 0 Å². The molecular weight excluding hydrogens is 320 g/mol. The van der Waals surface area contributed by atoms with E-state index in [1.165, 1.54) is 0 Å². The van der Waals surface area contributed by atoms with Crippen LogP contribution in [0, 0.1) is 0 Å². The molecule has 0 spiro atoms. The number of ether oxygens (including phenoxy) is 1. The van der Waals surface area contributed by atoms with Crippen molar-refractivity contribution < 1.29 is 9.53 Å². The molecule has 2 aromatic carbocycles. The summed E-state index contributed by atoms with van der Waals surface area (Å²) in [6, 6.07) is 20.8. The average Bonchev–Trinajstić information content (AvgIpc) is 3.15. The van der Waals surface area contributed by atoms with Crippen LogP contribution in [0.15, 0.2) is 72.1 Å². The minimum Gasteiger partial charge on any atom is -0.497 e. The van der Waals surface area contributed by atoms with Crippen molar-refractivity contribution in [2.24, 2.45) is 0 Å². The molecule has 122 valence electrons. The van der Waals surface area contributed by atoms with Crippen LogP contribution >= 0.6 is 11.3 Å². The number of nitrogens with one attached hydrogen (secondary N) is 2. The second kappa shape index (κ2) is 7.66. The standard InChI is InChI=1S/C19H18N2O2S/c1-23-16-10-5-9-15(13-16)20-19(22)21-18(17-11-6-12-24-17)14-7-3-2-4-8-14/h2-13,18H,1H3,(H2,20,21,22). The molecule has 0 fully saturated rings. The van der Waals surface area contributed by atoms with Gasteiger partial charge in [0.1, 0.15) is 5.75 Å². The van der Waals surface area contributed by atoms with Gasteiger partial charge >= 0.3 is 6.03 Å². The summed E-state index contributed by atoms with van der Waals surface area (Å²) in [4.78, 5) is 13.5. The number of benzene rings is 2. The highest BCUT2D eigenvalue weighted by molar-refractivity contribution is 7.10. The monoisotopic (exact) mass is 338 g/mol. The summed E-state index contributed by atoms with van der Waals surface area (Å²) in [6.45, 7) is 0. The summed E-state index contributed by atoms with van der Waals surface area (Å²) in [7, 11) is 1.60. The van der Waals surface area contributed by atoms with Crippen LogP contribution in [0.3, 0.4) is 0 Å². The minimum atomic E-state index is -0.259. The second-order valence-corrected chi connectivity index (χ2v) is 6.17. The van der Waals surface area contributed by atoms with E-state index < -0.39 is 0 Å². The number of carbonyl (C=O) groups is 1. The maximum atomic E-state index is 12.4. The SMILES string of the molecule is COc1cccc(NC(=O)NC(c2ccccc2)c2cccs2)c1. The quantitative estimate of drug-likeness (QED) is 0.710. The van der Waals surface area contributed by atoms with Crippen molar-refractivity contribution in [3.8, 4) is 5.75 Å². The first-order chi connectivity index (χ1) is 11.8. The Labute approximate surface area is 145 Å². The van der Waals surface area contributed by atoms with Gasteiger partial charge in [-0.15, -0.1) is 11.3 Å². The highest BCUT2D eigenvalue weighted by Crippen LogP contribution is 2.26. The zero-order valence-corrected chi connectivity index (χ0v) is 14.0. The topological polar surface area (TPSA) is 50.4 Å². The number of urea groups is 1. The van der Waals surface area contributed by atoms with Crippen molar-refractivity contribution in [1.82, 2.24) is 5.32 Å². The Balaban J connectivity index is 1.76. The van der Waals surface area contributed by atoms with Crippen LogP contribution in [0.4, 0.5) is 10.5 Å². The number of rotatable bonds is 5. The minimum absolute atomic E-state index is 0.184. The van der Waals surface area contributed by atoms with E-state index in [2.05, 4.69) is 10.6 Å². The molecule has 2 amide bonds. The summed E-state index contributed by atoms with van der Waals surface area (Å²) in [5.41, 5.74) is 1.73. The Kier molecular flexibility index (Phi) is 5.13. The summed E-state index contributed by atoms with van der Waals surface area (Å²) < 4.78 is 5.18. The lowest BCUT2D eigenvalue weighted by molar-refractivity contribution is 0.250. The van der Waals surface area contributed by atoms with Crippen LogP contribution in [0.1, 0.15) is 16.5 Å². The van der Waals surface area contributed by atoms with Crippen LogP contribution in [-0.2, 0) is 0 Å². The second-order valence-electron chi connectivity index (χ2n) is 5.19. The summed E-state index contributed by atoms with van der Waals surface area (Å²) >= 11 is 1.62. The zero-order chi connectivity index (χ0) is 16.8. The van der Waals surface area contributed by atoms with Crippen molar-refractivity contribution in [2.75, 3.05) is 12.4 Å². The van der Waals surface area contributed by atoms with E-state index in [4.69, 9.17) is 4.74 Å². The average molecular weight is 338 g/mol. The molecule has 3 rings (SSSR count). The van der Waals surface area contributed by atoms with Crippen LogP contribution in [0.5, 0.6) is 5.75 Å². The fourth-order valence-corrected chi connectivity index (χ4v) is 3.22. The van der Waals surface area contributed by atoms with Gasteiger partial charge in [0, 0.05) is 16.6 Å². The molecule has 1 heterocycles. The third-order valence-electron chi connectivity index (χ3n) is 3.56. The molecule has 0 radical (unpaired) electrons. The Morgan fingerprint density at radius 2 is 1.88 bits per heavy atom. The summed E-state index contributed by atoms with van der Waals surface area (Å²) in [5, 5.41) is 7.90. The molecule has 1 unspecified atom stereocenters. The van der Waals surface area contributed by atoms with Crippen LogP contribution in [0.2, 0.25) is 0 Å². The van der Waals surface area contributed by atoms with E-state index in [9.17, 15) is 4.79 Å². The molecule has 3 aromatic rings. The fourth-order valence-electron chi connectivity index (χ4n) is 2.42. The lowest BCUT2D eigenvalue weighted by atomic mass is 10.1. The molecule has 1 aromatic heterocycles. The molecule has 5 heteroatoms. The molecule has 0 aliphatic carbocycles. The molecular formula is C19H18N2O2S. The number of hydrogen-bond acceptors (Lipinski definition) is 3. The van der Waals surface area contributed by atoms with Crippen molar-refractivity contribution in [2.45, 2.75) is 6.04 Å². The first kappa shape index (κ1) is 16.1. The maximum absolute atomic E-state index is 12.4. The van der Waals surface area contributed by atoms with Gasteiger partial charge in [-0.3, -0.25) is 0 Å². The number of thiophene rings is 1. The van der Waals surface area contributed by atoms with Gasteiger partial charge in [0.25, 0.3) is 0 Å². The van der Waals surface area contributed by atoms with Crippen LogP contribution in [0.25, 0.3) is 0 Å². The van der Waals surface area contributed by atoms with Crippen molar-refractivity contribution in [3.63, 3.8) is 0 Å². The van der Waals surface area contributed by atoms with Crippen LogP contribution in [-0.4, -0.2) is 13.1 Å². The molecule has 0 aliphatic rings. The molecule has 0 bridgehead atoms. The largest absolute Gasteiger partial charge is 0.497 e.